The summed E-state index contributed by atoms with van der Waals surface area (Å²) in [5.41, 5.74) is 3.36. The first-order valence-electron chi connectivity index (χ1n) is 12.4. The third-order valence-corrected chi connectivity index (χ3v) is 8.05. The van der Waals surface area contributed by atoms with Gasteiger partial charge in [0.1, 0.15) is 0 Å². The number of halogens is 2. The van der Waals surface area contributed by atoms with E-state index >= 15 is 0 Å². The fourth-order valence-corrected chi connectivity index (χ4v) is 5.49. The van der Waals surface area contributed by atoms with Gasteiger partial charge < -0.3 is 19.4 Å². The van der Waals surface area contributed by atoms with Gasteiger partial charge in [-0.25, -0.2) is 4.79 Å². The Morgan fingerprint density at radius 1 is 1.19 bits per heavy atom. The van der Waals surface area contributed by atoms with Crippen LogP contribution in [0, 0.1) is 0 Å². The summed E-state index contributed by atoms with van der Waals surface area (Å²) in [4.78, 5) is 48.5. The second-order valence-electron chi connectivity index (χ2n) is 9.54. The van der Waals surface area contributed by atoms with E-state index in [-0.39, 0.29) is 24.8 Å². The van der Waals surface area contributed by atoms with Crippen LogP contribution in [0.4, 0.5) is 4.79 Å². The van der Waals surface area contributed by atoms with Crippen molar-refractivity contribution < 1.29 is 19.1 Å². The fraction of sp³-hybridized carbons (Fsp3) is 0.538. The van der Waals surface area contributed by atoms with E-state index in [1.165, 1.54) is 4.90 Å². The Balaban J connectivity index is 1.57. The molecule has 1 saturated heterocycles. The highest BCUT2D eigenvalue weighted by Gasteiger charge is 2.35. The maximum absolute atomic E-state index is 13.7. The zero-order chi connectivity index (χ0) is 25.8. The van der Waals surface area contributed by atoms with Gasteiger partial charge in [0.25, 0.3) is 5.91 Å². The minimum atomic E-state index is -0.450. The molecule has 1 aliphatic heterocycles. The molecule has 1 unspecified atom stereocenters. The molecule has 0 bridgehead atoms. The lowest BCUT2D eigenvalue weighted by molar-refractivity contribution is -0.130. The number of alkyl halides is 1. The van der Waals surface area contributed by atoms with Crippen LogP contribution in [0.1, 0.15) is 47.3 Å². The van der Waals surface area contributed by atoms with Crippen LogP contribution in [0.25, 0.3) is 10.9 Å². The number of nitrogens with zero attached hydrogens (tertiary/aromatic N) is 4. The van der Waals surface area contributed by atoms with Crippen LogP contribution in [-0.2, 0) is 22.4 Å². The van der Waals surface area contributed by atoms with Crippen molar-refractivity contribution in [3.63, 3.8) is 0 Å². The molecule has 0 N–H and O–H groups in total. The molecule has 2 heterocycles. The molecule has 3 amide bonds. The lowest BCUT2D eigenvalue weighted by Gasteiger charge is -2.41. The number of piperazine rings is 1. The summed E-state index contributed by atoms with van der Waals surface area (Å²) in [6.45, 7) is 1.28. The molecule has 4 rings (SSSR count). The van der Waals surface area contributed by atoms with Gasteiger partial charge in [0, 0.05) is 61.2 Å². The maximum atomic E-state index is 13.7. The van der Waals surface area contributed by atoms with E-state index in [0.29, 0.717) is 30.8 Å². The number of aromatic nitrogens is 1. The summed E-state index contributed by atoms with van der Waals surface area (Å²) in [5, 5.41) is 1.59. The van der Waals surface area contributed by atoms with Gasteiger partial charge in [-0.15, -0.1) is 0 Å². The summed E-state index contributed by atoms with van der Waals surface area (Å²) in [7, 11) is 3.37. The smallest absolute Gasteiger partial charge is 0.409 e. The summed E-state index contributed by atoms with van der Waals surface area (Å²) >= 11 is 8.95. The molecule has 1 aromatic heterocycles. The molecule has 0 radical (unpaired) electrons. The predicted molar refractivity (Wildman–Crippen MR) is 148 cm³/mol. The Morgan fingerprint density at radius 3 is 2.72 bits per heavy atom. The topological polar surface area (TPSA) is 83.1 Å². The molecular weight excluding hydrogens is 595 g/mol. The summed E-state index contributed by atoms with van der Waals surface area (Å²) < 4.78 is 6.28. The van der Waals surface area contributed by atoms with Crippen LogP contribution < -0.4 is 0 Å². The van der Waals surface area contributed by atoms with Gasteiger partial charge in [-0.3, -0.25) is 14.6 Å². The standard InChI is InChI=1S/C26H32ClIN4O4/c1-30(2)23(33)15-18-16-31(26(35)36-13-5-10-28)11-12-32(18)25(34)17-8-9-20-22(14-17)29-21-7-4-3-6-19(21)24(20)27/h8-9,14,18H,3-7,10-13,15-16H2,1-2H3. The number of amides is 3. The number of fused-ring (bicyclic) bond motifs is 2. The average molecular weight is 627 g/mol. The average Bonchev–Trinajstić information content (AvgIpc) is 2.88. The molecule has 1 aliphatic carbocycles. The normalized spacial score (nSPS) is 17.6. The van der Waals surface area contributed by atoms with Gasteiger partial charge in [-0.05, 0) is 49.8 Å². The number of benzene rings is 1. The third kappa shape index (κ3) is 5.88. The van der Waals surface area contributed by atoms with Crippen molar-refractivity contribution in [3.8, 4) is 0 Å². The number of pyridine rings is 1. The second-order valence-corrected chi connectivity index (χ2v) is 11.0. The van der Waals surface area contributed by atoms with Crippen LogP contribution >= 0.6 is 34.2 Å². The number of carbonyl (C=O) groups is 3. The van der Waals surface area contributed by atoms with E-state index < -0.39 is 12.1 Å². The summed E-state index contributed by atoms with van der Waals surface area (Å²) in [6, 6.07) is 5.00. The van der Waals surface area contributed by atoms with Gasteiger partial charge >= 0.3 is 6.09 Å². The van der Waals surface area contributed by atoms with E-state index in [1.54, 1.807) is 36.0 Å². The van der Waals surface area contributed by atoms with Crippen molar-refractivity contribution >= 4 is 63.0 Å². The summed E-state index contributed by atoms with van der Waals surface area (Å²) in [6.07, 6.45) is 4.55. The molecule has 2 aliphatic rings. The van der Waals surface area contributed by atoms with E-state index in [2.05, 4.69) is 22.6 Å². The highest BCUT2D eigenvalue weighted by Crippen LogP contribution is 2.33. The van der Waals surface area contributed by atoms with Crippen LogP contribution in [0.2, 0.25) is 5.02 Å². The Bertz CT molecular complexity index is 1160. The minimum Gasteiger partial charge on any atom is -0.449 e. The number of rotatable bonds is 6. The molecule has 36 heavy (non-hydrogen) atoms. The van der Waals surface area contributed by atoms with Crippen LogP contribution in [0.15, 0.2) is 18.2 Å². The maximum Gasteiger partial charge on any atom is 0.409 e. The zero-order valence-corrected chi connectivity index (χ0v) is 23.7. The van der Waals surface area contributed by atoms with Crippen LogP contribution in [0.3, 0.4) is 0 Å². The highest BCUT2D eigenvalue weighted by molar-refractivity contribution is 14.1. The fourth-order valence-electron chi connectivity index (χ4n) is 4.82. The van der Waals surface area contributed by atoms with Gasteiger partial charge in [0.05, 0.1) is 23.2 Å². The molecule has 1 aromatic carbocycles. The first-order chi connectivity index (χ1) is 17.3. The van der Waals surface area contributed by atoms with E-state index in [4.69, 9.17) is 21.3 Å². The Hall–Kier alpha value is -2.14. The molecule has 10 heteroatoms. The Morgan fingerprint density at radius 2 is 1.97 bits per heavy atom. The predicted octanol–water partition coefficient (Wildman–Crippen LogP) is 4.33. The minimum absolute atomic E-state index is 0.100. The van der Waals surface area contributed by atoms with Crippen molar-refractivity contribution in [2.45, 2.75) is 44.6 Å². The summed E-state index contributed by atoms with van der Waals surface area (Å²) in [5.74, 6) is -0.279. The molecule has 0 saturated carbocycles. The third-order valence-electron chi connectivity index (χ3n) is 6.85. The monoisotopic (exact) mass is 626 g/mol. The van der Waals surface area contributed by atoms with Gasteiger partial charge in [0.2, 0.25) is 5.91 Å². The first kappa shape index (κ1) is 26.9. The van der Waals surface area contributed by atoms with Crippen molar-refractivity contribution in [2.24, 2.45) is 0 Å². The Kier molecular flexibility index (Phi) is 8.92. The van der Waals surface area contributed by atoms with E-state index in [0.717, 1.165) is 58.2 Å². The van der Waals surface area contributed by atoms with E-state index in [1.807, 2.05) is 6.07 Å². The second kappa shape index (κ2) is 11.9. The number of aryl methyl sites for hydroxylation is 1. The van der Waals surface area contributed by atoms with Crippen molar-refractivity contribution in [1.82, 2.24) is 19.7 Å². The van der Waals surface area contributed by atoms with Crippen molar-refractivity contribution in [1.29, 1.82) is 0 Å². The van der Waals surface area contributed by atoms with Gasteiger partial charge in [-0.1, -0.05) is 40.3 Å². The molecule has 194 valence electrons. The molecule has 8 nitrogen and oxygen atoms in total. The van der Waals surface area contributed by atoms with E-state index in [9.17, 15) is 14.4 Å². The largest absolute Gasteiger partial charge is 0.449 e. The van der Waals surface area contributed by atoms with Crippen molar-refractivity contribution in [2.75, 3.05) is 44.8 Å². The highest BCUT2D eigenvalue weighted by atomic mass is 127. The SMILES string of the molecule is CN(C)C(=O)CC1CN(C(=O)OCCCI)CCN1C(=O)c1ccc2c(Cl)c3c(nc2c1)CCCC3. The number of carbonyl (C=O) groups excluding carboxylic acids is 3. The van der Waals surface area contributed by atoms with Gasteiger partial charge in [-0.2, -0.15) is 0 Å². The molecule has 2 aromatic rings. The number of hydrogen-bond acceptors (Lipinski definition) is 5. The molecule has 1 atom stereocenters. The number of ether oxygens (including phenoxy) is 1. The lowest BCUT2D eigenvalue weighted by Crippen LogP contribution is -2.57. The zero-order valence-electron chi connectivity index (χ0n) is 20.8. The molecule has 0 spiro atoms. The number of hydrogen-bond donors (Lipinski definition) is 0. The molecule has 1 fully saturated rings. The molecular formula is C26H32ClIN4O4. The first-order valence-corrected chi connectivity index (χ1v) is 14.3. The quantitative estimate of drug-likeness (QED) is 0.271. The van der Waals surface area contributed by atoms with Crippen LogP contribution in [-0.4, -0.2) is 88.4 Å². The Labute approximate surface area is 230 Å². The van der Waals surface area contributed by atoms with Crippen LogP contribution in [0.5, 0.6) is 0 Å². The van der Waals surface area contributed by atoms with Gasteiger partial charge in [0.15, 0.2) is 0 Å². The van der Waals surface area contributed by atoms with Crippen molar-refractivity contribution in [3.05, 3.63) is 40.0 Å². The lowest BCUT2D eigenvalue weighted by atomic mass is 9.94.